The van der Waals surface area contributed by atoms with E-state index in [9.17, 15) is 15.0 Å². The van der Waals surface area contributed by atoms with Crippen LogP contribution in [0.4, 0.5) is 0 Å². The quantitative estimate of drug-likeness (QED) is 0.0606. The van der Waals surface area contributed by atoms with E-state index in [4.69, 9.17) is 0 Å². The second-order valence-corrected chi connectivity index (χ2v) is 11.2. The molecule has 0 aromatic carbocycles. The fraction of sp³-hybridized carbons (Fsp3) is 0.658. The molecular formula is C38H65NO3. The van der Waals surface area contributed by atoms with Gasteiger partial charge in [0.25, 0.3) is 0 Å². The van der Waals surface area contributed by atoms with Gasteiger partial charge in [0, 0.05) is 6.42 Å². The van der Waals surface area contributed by atoms with Gasteiger partial charge >= 0.3 is 0 Å². The second kappa shape index (κ2) is 33.3. The van der Waals surface area contributed by atoms with Crippen molar-refractivity contribution < 1.29 is 15.0 Å². The van der Waals surface area contributed by atoms with Crippen LogP contribution in [0.1, 0.15) is 142 Å². The third-order valence-corrected chi connectivity index (χ3v) is 7.20. The van der Waals surface area contributed by atoms with Crippen molar-refractivity contribution in [3.8, 4) is 0 Å². The minimum absolute atomic E-state index is 0.102. The molecule has 0 aliphatic rings. The van der Waals surface area contributed by atoms with Gasteiger partial charge in [0.1, 0.15) is 0 Å². The van der Waals surface area contributed by atoms with Gasteiger partial charge in [-0.25, -0.2) is 0 Å². The van der Waals surface area contributed by atoms with E-state index in [0.29, 0.717) is 6.42 Å². The van der Waals surface area contributed by atoms with Gasteiger partial charge in [-0.05, 0) is 64.2 Å². The van der Waals surface area contributed by atoms with E-state index >= 15 is 0 Å². The molecule has 4 heteroatoms. The summed E-state index contributed by atoms with van der Waals surface area (Å²) in [6, 6.07) is -0.641. The average molecular weight is 584 g/mol. The van der Waals surface area contributed by atoms with Crippen molar-refractivity contribution in [2.45, 2.75) is 154 Å². The Labute approximate surface area is 259 Å². The maximum atomic E-state index is 12.3. The molecule has 2 atom stereocenters. The lowest BCUT2D eigenvalue weighted by molar-refractivity contribution is -0.123. The summed E-state index contributed by atoms with van der Waals surface area (Å²) in [5, 5.41) is 22.8. The third-order valence-electron chi connectivity index (χ3n) is 7.20. The lowest BCUT2D eigenvalue weighted by Crippen LogP contribution is -2.45. The van der Waals surface area contributed by atoms with Gasteiger partial charge in [-0.1, -0.05) is 145 Å². The summed E-state index contributed by atoms with van der Waals surface area (Å²) in [5.74, 6) is -0.102. The van der Waals surface area contributed by atoms with Crippen LogP contribution >= 0.6 is 0 Å². The van der Waals surface area contributed by atoms with Crippen LogP contribution < -0.4 is 5.32 Å². The molecule has 0 aliphatic carbocycles. The first kappa shape index (κ1) is 39.8. The fourth-order valence-electron chi connectivity index (χ4n) is 4.55. The predicted octanol–water partition coefficient (Wildman–Crippen LogP) is 10.0. The molecule has 0 heterocycles. The summed E-state index contributed by atoms with van der Waals surface area (Å²) >= 11 is 0. The number of carbonyl (C=O) groups is 1. The van der Waals surface area contributed by atoms with E-state index in [-0.39, 0.29) is 12.5 Å². The first-order valence-corrected chi connectivity index (χ1v) is 17.2. The molecule has 2 unspecified atom stereocenters. The molecule has 240 valence electrons. The minimum Gasteiger partial charge on any atom is -0.394 e. The van der Waals surface area contributed by atoms with Gasteiger partial charge in [0.05, 0.1) is 18.8 Å². The van der Waals surface area contributed by atoms with Crippen molar-refractivity contribution in [3.05, 3.63) is 72.9 Å². The zero-order valence-electron chi connectivity index (χ0n) is 27.2. The summed E-state index contributed by atoms with van der Waals surface area (Å²) in [4.78, 5) is 12.3. The first-order valence-electron chi connectivity index (χ1n) is 17.2. The topological polar surface area (TPSA) is 69.6 Å². The van der Waals surface area contributed by atoms with Crippen LogP contribution in [0.15, 0.2) is 72.9 Å². The number of rotatable bonds is 29. The molecule has 0 saturated heterocycles. The van der Waals surface area contributed by atoms with Crippen LogP contribution in [0.25, 0.3) is 0 Å². The van der Waals surface area contributed by atoms with E-state index in [0.717, 1.165) is 70.6 Å². The van der Waals surface area contributed by atoms with Crippen LogP contribution in [-0.4, -0.2) is 34.9 Å². The molecule has 0 aliphatic heterocycles. The molecule has 0 bridgehead atoms. The maximum Gasteiger partial charge on any atom is 0.220 e. The SMILES string of the molecule is CC/C=C\C/C=C\C/C=C\C/C=C\C/C=C\CCCCCC(=O)NC(CO)C(O)/C=C/CCCCCCCCCCC. The standard InChI is InChI=1S/C38H65NO3/c1-3-5-7-9-11-13-15-16-17-18-19-20-21-22-24-26-28-30-32-34-38(42)39-36(35-40)37(41)33-31-29-27-25-23-14-12-10-8-6-4-2/h5,7,11,13,16-17,19-20,22,24,31,33,36-37,40-41H,3-4,6,8-10,12,14-15,18,21,23,25-30,32,34-35H2,1-2H3,(H,39,42)/b7-5-,13-11-,17-16-,20-19-,24-22-,33-31+. The lowest BCUT2D eigenvalue weighted by atomic mass is 10.1. The number of unbranched alkanes of at least 4 members (excludes halogenated alkanes) is 12. The van der Waals surface area contributed by atoms with Gasteiger partial charge in [-0.2, -0.15) is 0 Å². The van der Waals surface area contributed by atoms with Gasteiger partial charge in [0.2, 0.25) is 5.91 Å². The Hall–Kier alpha value is -2.17. The molecule has 0 aromatic rings. The van der Waals surface area contributed by atoms with Gasteiger partial charge in [0.15, 0.2) is 0 Å². The van der Waals surface area contributed by atoms with Crippen molar-refractivity contribution in [2.75, 3.05) is 6.61 Å². The monoisotopic (exact) mass is 583 g/mol. The minimum atomic E-state index is -0.854. The first-order chi connectivity index (χ1) is 20.7. The van der Waals surface area contributed by atoms with Crippen LogP contribution in [-0.2, 0) is 4.79 Å². The number of nitrogens with one attached hydrogen (secondary N) is 1. The van der Waals surface area contributed by atoms with Crippen LogP contribution in [0.5, 0.6) is 0 Å². The zero-order chi connectivity index (χ0) is 30.8. The number of allylic oxidation sites excluding steroid dienone is 11. The number of hydrogen-bond acceptors (Lipinski definition) is 3. The van der Waals surface area contributed by atoms with E-state index < -0.39 is 12.1 Å². The van der Waals surface area contributed by atoms with Crippen LogP contribution in [0.2, 0.25) is 0 Å². The van der Waals surface area contributed by atoms with Gasteiger partial charge in [-0.3, -0.25) is 4.79 Å². The third kappa shape index (κ3) is 29.3. The molecule has 0 radical (unpaired) electrons. The molecule has 42 heavy (non-hydrogen) atoms. The molecule has 0 spiro atoms. The number of hydrogen-bond donors (Lipinski definition) is 3. The highest BCUT2D eigenvalue weighted by Gasteiger charge is 2.17. The van der Waals surface area contributed by atoms with Crippen molar-refractivity contribution in [2.24, 2.45) is 0 Å². The average Bonchev–Trinajstić information content (AvgIpc) is 2.99. The Morgan fingerprint density at radius 1 is 0.595 bits per heavy atom. The molecule has 0 rings (SSSR count). The van der Waals surface area contributed by atoms with Crippen molar-refractivity contribution in [3.63, 3.8) is 0 Å². The van der Waals surface area contributed by atoms with Crippen LogP contribution in [0, 0.1) is 0 Å². The number of amides is 1. The molecular weight excluding hydrogens is 518 g/mol. The molecule has 1 amide bonds. The van der Waals surface area contributed by atoms with E-state index in [1.54, 1.807) is 6.08 Å². The molecule has 4 nitrogen and oxygen atoms in total. The molecule has 3 N–H and O–H groups in total. The molecule has 0 saturated carbocycles. The van der Waals surface area contributed by atoms with Crippen molar-refractivity contribution >= 4 is 5.91 Å². The lowest BCUT2D eigenvalue weighted by Gasteiger charge is -2.19. The van der Waals surface area contributed by atoms with E-state index in [1.807, 2.05) is 6.08 Å². The van der Waals surface area contributed by atoms with E-state index in [1.165, 1.54) is 51.4 Å². The zero-order valence-corrected chi connectivity index (χ0v) is 27.2. The number of aliphatic hydroxyl groups is 2. The summed E-state index contributed by atoms with van der Waals surface area (Å²) in [6.07, 6.45) is 46.9. The number of aliphatic hydroxyl groups excluding tert-OH is 2. The Balaban J connectivity index is 3.77. The Kier molecular flexibility index (Phi) is 31.6. The predicted molar refractivity (Wildman–Crippen MR) is 184 cm³/mol. The van der Waals surface area contributed by atoms with Crippen molar-refractivity contribution in [1.82, 2.24) is 5.32 Å². The Bertz CT molecular complexity index is 762. The number of carbonyl (C=O) groups excluding carboxylic acids is 1. The smallest absolute Gasteiger partial charge is 0.220 e. The normalized spacial score (nSPS) is 14.1. The van der Waals surface area contributed by atoms with Crippen molar-refractivity contribution in [1.29, 1.82) is 0 Å². The molecule has 0 aromatic heterocycles. The van der Waals surface area contributed by atoms with Gasteiger partial charge < -0.3 is 15.5 Å². The van der Waals surface area contributed by atoms with Crippen LogP contribution in [0.3, 0.4) is 0 Å². The Morgan fingerprint density at radius 3 is 1.57 bits per heavy atom. The summed E-state index contributed by atoms with van der Waals surface area (Å²) in [5.41, 5.74) is 0. The highest BCUT2D eigenvalue weighted by molar-refractivity contribution is 5.76. The largest absolute Gasteiger partial charge is 0.394 e. The highest BCUT2D eigenvalue weighted by Crippen LogP contribution is 2.11. The second-order valence-electron chi connectivity index (χ2n) is 11.2. The summed E-state index contributed by atoms with van der Waals surface area (Å²) in [7, 11) is 0. The Morgan fingerprint density at radius 2 is 1.05 bits per heavy atom. The highest BCUT2D eigenvalue weighted by atomic mass is 16.3. The van der Waals surface area contributed by atoms with Gasteiger partial charge in [-0.15, -0.1) is 0 Å². The summed E-state index contributed by atoms with van der Waals surface area (Å²) in [6.45, 7) is 4.14. The fourth-order valence-corrected chi connectivity index (χ4v) is 4.55. The summed E-state index contributed by atoms with van der Waals surface area (Å²) < 4.78 is 0. The van der Waals surface area contributed by atoms with E-state index in [2.05, 4.69) is 79.9 Å². The molecule has 0 fully saturated rings. The maximum absolute atomic E-state index is 12.3.